The summed E-state index contributed by atoms with van der Waals surface area (Å²) in [5.41, 5.74) is 11.5. The van der Waals surface area contributed by atoms with Gasteiger partial charge in [-0.15, -0.1) is 0 Å². The van der Waals surface area contributed by atoms with Crippen molar-refractivity contribution < 1.29 is 29.4 Å². The second kappa shape index (κ2) is 22.5. The minimum atomic E-state index is -0.854. The maximum atomic E-state index is 13.3. The highest BCUT2D eigenvalue weighted by molar-refractivity contribution is 5.99. The minimum Gasteiger partial charge on any atom is -0.507 e. The number of carbonyl (C=O) groups excluding carboxylic acids is 4. The number of nitrogens with one attached hydrogen (secondary N) is 4. The molecule has 2 aromatic rings. The predicted molar refractivity (Wildman–Crippen MR) is 189 cm³/mol. The number of phenols is 2. The first-order valence-electron chi connectivity index (χ1n) is 18.0. The summed E-state index contributed by atoms with van der Waals surface area (Å²) in [5.74, 6) is -4.47. The molecule has 0 aliphatic carbocycles. The molecule has 0 fully saturated rings. The molecule has 0 aromatic heterocycles. The van der Waals surface area contributed by atoms with Crippen LogP contribution in [0, 0.1) is 11.8 Å². The number of hydrazine groups is 2. The van der Waals surface area contributed by atoms with Crippen LogP contribution in [0.15, 0.2) is 36.4 Å². The van der Waals surface area contributed by atoms with Crippen molar-refractivity contribution in [2.75, 3.05) is 0 Å². The van der Waals surface area contributed by atoms with Crippen LogP contribution in [0.5, 0.6) is 11.5 Å². The molecule has 0 aliphatic rings. The molecule has 10 heteroatoms. The van der Waals surface area contributed by atoms with Crippen molar-refractivity contribution in [1.82, 2.24) is 21.7 Å². The van der Waals surface area contributed by atoms with E-state index in [1.165, 1.54) is 12.1 Å². The molecule has 48 heavy (non-hydrogen) atoms. The zero-order valence-corrected chi connectivity index (χ0v) is 29.5. The Balaban J connectivity index is 2.00. The number of amides is 4. The lowest BCUT2D eigenvalue weighted by Crippen LogP contribution is -2.50. The van der Waals surface area contributed by atoms with Crippen LogP contribution in [-0.4, -0.2) is 33.8 Å². The number of unbranched alkanes of at least 4 members (excludes halogenated alkanes) is 10. The van der Waals surface area contributed by atoms with Gasteiger partial charge in [0.15, 0.2) is 0 Å². The summed E-state index contributed by atoms with van der Waals surface area (Å²) in [4.78, 5) is 52.1. The number of benzene rings is 2. The maximum Gasteiger partial charge on any atom is 0.273 e. The SMILES string of the molecule is CCCCCCCC(C(=O)NNC(=O)c1ccc(CCCCCC)cc1O)C(C)C(=O)NNC(=O)c1ccc(CCCCCC)cc1O. The molecule has 0 heterocycles. The van der Waals surface area contributed by atoms with Crippen LogP contribution in [0.25, 0.3) is 0 Å². The van der Waals surface area contributed by atoms with E-state index in [2.05, 4.69) is 42.5 Å². The zero-order chi connectivity index (χ0) is 35.3. The largest absolute Gasteiger partial charge is 0.507 e. The van der Waals surface area contributed by atoms with E-state index in [4.69, 9.17) is 0 Å². The average molecular weight is 667 g/mol. The van der Waals surface area contributed by atoms with Crippen LogP contribution >= 0.6 is 0 Å². The van der Waals surface area contributed by atoms with Crippen molar-refractivity contribution in [3.05, 3.63) is 58.7 Å². The van der Waals surface area contributed by atoms with E-state index in [1.54, 1.807) is 31.2 Å². The Morgan fingerprint density at radius 1 is 0.562 bits per heavy atom. The van der Waals surface area contributed by atoms with E-state index in [-0.39, 0.29) is 22.6 Å². The van der Waals surface area contributed by atoms with Crippen LogP contribution in [0.4, 0.5) is 0 Å². The fourth-order valence-corrected chi connectivity index (χ4v) is 5.70. The van der Waals surface area contributed by atoms with Gasteiger partial charge in [-0.25, -0.2) is 0 Å². The second-order valence-corrected chi connectivity index (χ2v) is 12.8. The number of hydrogen-bond acceptors (Lipinski definition) is 6. The first-order valence-corrected chi connectivity index (χ1v) is 18.0. The lowest BCUT2D eigenvalue weighted by atomic mass is 9.87. The summed E-state index contributed by atoms with van der Waals surface area (Å²) in [7, 11) is 0. The third kappa shape index (κ3) is 14.0. The van der Waals surface area contributed by atoms with E-state index < -0.39 is 35.5 Å². The average Bonchev–Trinajstić information content (AvgIpc) is 3.07. The van der Waals surface area contributed by atoms with Gasteiger partial charge in [-0.1, -0.05) is 110 Å². The van der Waals surface area contributed by atoms with Gasteiger partial charge in [0.05, 0.1) is 17.0 Å². The van der Waals surface area contributed by atoms with Gasteiger partial charge in [-0.3, -0.25) is 40.9 Å². The molecule has 0 bridgehead atoms. The summed E-state index contributed by atoms with van der Waals surface area (Å²) < 4.78 is 0. The third-order valence-corrected chi connectivity index (χ3v) is 8.82. The molecular weight excluding hydrogens is 608 g/mol. The Morgan fingerprint density at radius 3 is 1.42 bits per heavy atom. The molecule has 0 radical (unpaired) electrons. The molecule has 2 aromatic carbocycles. The van der Waals surface area contributed by atoms with Crippen molar-refractivity contribution in [1.29, 1.82) is 0 Å². The first kappa shape index (κ1) is 40.1. The van der Waals surface area contributed by atoms with Gasteiger partial charge in [0.1, 0.15) is 11.5 Å². The monoisotopic (exact) mass is 666 g/mol. The number of phenolic OH excluding ortho intramolecular Hbond substituents is 2. The molecule has 2 unspecified atom stereocenters. The van der Waals surface area contributed by atoms with Crippen molar-refractivity contribution >= 4 is 23.6 Å². The van der Waals surface area contributed by atoms with Crippen molar-refractivity contribution in [3.63, 3.8) is 0 Å². The van der Waals surface area contributed by atoms with E-state index in [0.29, 0.717) is 12.8 Å². The van der Waals surface area contributed by atoms with E-state index in [0.717, 1.165) is 101 Å². The molecule has 266 valence electrons. The van der Waals surface area contributed by atoms with Gasteiger partial charge < -0.3 is 10.2 Å². The Morgan fingerprint density at radius 2 is 0.979 bits per heavy atom. The summed E-state index contributed by atoms with van der Waals surface area (Å²) in [6.07, 6.45) is 15.5. The normalized spacial score (nSPS) is 12.2. The molecular formula is C38H58N4O6. The lowest BCUT2D eigenvalue weighted by molar-refractivity contribution is -0.135. The Kier molecular flexibility index (Phi) is 18.8. The number of aromatic hydroxyl groups is 2. The molecule has 0 aliphatic heterocycles. The van der Waals surface area contributed by atoms with Gasteiger partial charge >= 0.3 is 0 Å². The summed E-state index contributed by atoms with van der Waals surface area (Å²) in [5, 5.41) is 20.9. The van der Waals surface area contributed by atoms with Crippen molar-refractivity contribution in [2.45, 2.75) is 130 Å². The fraction of sp³-hybridized carbons (Fsp3) is 0.579. The van der Waals surface area contributed by atoms with Crippen LogP contribution in [0.3, 0.4) is 0 Å². The highest BCUT2D eigenvalue weighted by Gasteiger charge is 2.31. The van der Waals surface area contributed by atoms with Crippen molar-refractivity contribution in [2.24, 2.45) is 11.8 Å². The van der Waals surface area contributed by atoms with Gasteiger partial charge in [0, 0.05) is 5.92 Å². The van der Waals surface area contributed by atoms with Gasteiger partial charge in [-0.2, -0.15) is 0 Å². The quantitative estimate of drug-likeness (QED) is 0.0612. The molecule has 0 saturated heterocycles. The van der Waals surface area contributed by atoms with Crippen LogP contribution < -0.4 is 21.7 Å². The summed E-state index contributed by atoms with van der Waals surface area (Å²) >= 11 is 0. The minimum absolute atomic E-state index is 0.0287. The highest BCUT2D eigenvalue weighted by Crippen LogP contribution is 2.23. The number of aryl methyl sites for hydroxylation is 2. The van der Waals surface area contributed by atoms with Crippen LogP contribution in [0.1, 0.15) is 149 Å². The second-order valence-electron chi connectivity index (χ2n) is 12.8. The molecule has 4 amide bonds. The summed E-state index contributed by atoms with van der Waals surface area (Å²) in [6.45, 7) is 8.00. The molecule has 6 N–H and O–H groups in total. The van der Waals surface area contributed by atoms with Gasteiger partial charge in [0.2, 0.25) is 11.8 Å². The van der Waals surface area contributed by atoms with E-state index >= 15 is 0 Å². The van der Waals surface area contributed by atoms with Crippen LogP contribution in [0.2, 0.25) is 0 Å². The van der Waals surface area contributed by atoms with Gasteiger partial charge in [-0.05, 0) is 67.5 Å². The topological polar surface area (TPSA) is 157 Å². The molecule has 2 rings (SSSR count). The van der Waals surface area contributed by atoms with E-state index in [9.17, 15) is 29.4 Å². The number of rotatable bonds is 21. The smallest absolute Gasteiger partial charge is 0.273 e. The third-order valence-electron chi connectivity index (χ3n) is 8.82. The highest BCUT2D eigenvalue weighted by atomic mass is 16.3. The standard InChI is InChI=1S/C38H58N4O6/c1-5-8-11-14-17-20-30(36(46)40-42-38(48)32-24-22-29(26-34(32)44)19-16-13-10-7-3)27(4)35(45)39-41-37(47)31-23-21-28(25-33(31)43)18-15-12-9-6-2/h21-27,30,43-44H,5-20H2,1-4H3,(H,39,45)(H,40,46)(H,41,47)(H,42,48). The lowest BCUT2D eigenvalue weighted by Gasteiger charge is -2.23. The zero-order valence-electron chi connectivity index (χ0n) is 29.5. The number of hydrogen-bond donors (Lipinski definition) is 6. The van der Waals surface area contributed by atoms with Gasteiger partial charge in [0.25, 0.3) is 11.8 Å². The maximum absolute atomic E-state index is 13.3. The molecule has 2 atom stereocenters. The van der Waals surface area contributed by atoms with E-state index in [1.807, 2.05) is 0 Å². The Hall–Kier alpha value is -4.08. The Labute approximate surface area is 286 Å². The summed E-state index contributed by atoms with van der Waals surface area (Å²) in [6, 6.07) is 9.80. The first-order chi connectivity index (χ1) is 23.1. The molecule has 10 nitrogen and oxygen atoms in total. The molecule has 0 saturated carbocycles. The fourth-order valence-electron chi connectivity index (χ4n) is 5.70. The Bertz CT molecular complexity index is 1310. The van der Waals surface area contributed by atoms with Crippen LogP contribution in [-0.2, 0) is 22.4 Å². The van der Waals surface area contributed by atoms with Crippen molar-refractivity contribution in [3.8, 4) is 11.5 Å². The number of carbonyl (C=O) groups is 4. The predicted octanol–water partition coefficient (Wildman–Crippen LogP) is 7.18. The molecule has 0 spiro atoms.